The van der Waals surface area contributed by atoms with Crippen LogP contribution >= 0.6 is 0 Å². The van der Waals surface area contributed by atoms with Gasteiger partial charge in [-0.1, -0.05) is 5.16 Å². The van der Waals surface area contributed by atoms with Crippen molar-refractivity contribution in [3.8, 4) is 0 Å². The number of nitrogens with two attached hydrogens (primary N) is 1. The second kappa shape index (κ2) is 5.79. The van der Waals surface area contributed by atoms with E-state index in [-0.39, 0.29) is 23.6 Å². The van der Waals surface area contributed by atoms with E-state index in [1.807, 2.05) is 5.43 Å². The molecule has 7 nitrogen and oxygen atoms in total. The molecule has 21 heavy (non-hydrogen) atoms. The summed E-state index contributed by atoms with van der Waals surface area (Å²) in [7, 11) is 0. The molecule has 0 radical (unpaired) electrons. The van der Waals surface area contributed by atoms with Crippen LogP contribution in [-0.4, -0.2) is 16.0 Å². The van der Waals surface area contributed by atoms with Gasteiger partial charge in [0.2, 0.25) is 6.39 Å². The maximum absolute atomic E-state index is 12.8. The summed E-state index contributed by atoms with van der Waals surface area (Å²) in [6.45, 7) is -0.0619. The summed E-state index contributed by atoms with van der Waals surface area (Å²) in [5.41, 5.74) is 0.424. The number of nitrogen functional groups attached to an aromatic ring is 1. The fourth-order valence-electron chi connectivity index (χ4n) is 1.58. The summed E-state index contributed by atoms with van der Waals surface area (Å²) in [4.78, 5) is 15.5. The zero-order chi connectivity index (χ0) is 15.5. The molecule has 112 valence electrons. The molecule has 2 aromatic rings. The van der Waals surface area contributed by atoms with Gasteiger partial charge in [-0.05, 0) is 18.2 Å². The summed E-state index contributed by atoms with van der Waals surface area (Å²) >= 11 is 0. The zero-order valence-electron chi connectivity index (χ0n) is 10.4. The van der Waals surface area contributed by atoms with E-state index in [9.17, 15) is 18.0 Å². The molecule has 0 aliphatic carbocycles. The molecule has 1 heterocycles. The Labute approximate surface area is 116 Å². The molecule has 1 aromatic heterocycles. The number of hydrazine groups is 1. The molecule has 10 heteroatoms. The lowest BCUT2D eigenvalue weighted by Gasteiger charge is -2.13. The first-order valence-electron chi connectivity index (χ1n) is 5.63. The predicted octanol–water partition coefficient (Wildman–Crippen LogP) is 1.30. The highest BCUT2D eigenvalue weighted by molar-refractivity contribution is 5.94. The smallest absolute Gasteiger partial charge is 0.345 e. The van der Waals surface area contributed by atoms with E-state index in [4.69, 9.17) is 5.84 Å². The Balaban J connectivity index is 2.17. The van der Waals surface area contributed by atoms with E-state index in [0.29, 0.717) is 6.07 Å². The number of hydrogen-bond donors (Lipinski definition) is 3. The molecule has 0 aliphatic heterocycles. The quantitative estimate of drug-likeness (QED) is 0.580. The third-order valence-corrected chi connectivity index (χ3v) is 2.56. The minimum atomic E-state index is -4.63. The highest BCUT2D eigenvalue weighted by Crippen LogP contribution is 2.35. The van der Waals surface area contributed by atoms with Gasteiger partial charge >= 0.3 is 6.18 Å². The highest BCUT2D eigenvalue weighted by atomic mass is 19.4. The standard InChI is InChI=1S/C11H10F3N5O2/c12-11(13,14)7-3-6(1-2-8(7)18-15)10(20)16-4-9-17-5-21-19-9/h1-3,5,18H,4,15H2,(H,16,20). The number of carbonyl (C=O) groups is 1. The van der Waals surface area contributed by atoms with E-state index >= 15 is 0 Å². The summed E-state index contributed by atoms with van der Waals surface area (Å²) in [6.07, 6.45) is -3.56. The number of halogens is 3. The molecule has 4 N–H and O–H groups in total. The van der Waals surface area contributed by atoms with Crippen molar-refractivity contribution in [2.75, 3.05) is 5.43 Å². The molecule has 1 aromatic carbocycles. The SMILES string of the molecule is NNc1ccc(C(=O)NCc2ncon2)cc1C(F)(F)F. The van der Waals surface area contributed by atoms with Crippen molar-refractivity contribution in [1.82, 2.24) is 15.5 Å². The monoisotopic (exact) mass is 301 g/mol. The van der Waals surface area contributed by atoms with Crippen molar-refractivity contribution in [2.45, 2.75) is 12.7 Å². The van der Waals surface area contributed by atoms with Gasteiger partial charge in [0.25, 0.3) is 5.91 Å². The van der Waals surface area contributed by atoms with Crippen LogP contribution in [0.4, 0.5) is 18.9 Å². The number of rotatable bonds is 4. The summed E-state index contributed by atoms with van der Waals surface area (Å²) < 4.78 is 42.9. The molecule has 0 aliphatic rings. The Morgan fingerprint density at radius 1 is 1.38 bits per heavy atom. The van der Waals surface area contributed by atoms with Crippen LogP contribution in [0.15, 0.2) is 29.1 Å². The van der Waals surface area contributed by atoms with Gasteiger partial charge in [0.15, 0.2) is 5.82 Å². The van der Waals surface area contributed by atoms with Gasteiger partial charge in [-0.2, -0.15) is 18.2 Å². The van der Waals surface area contributed by atoms with Crippen LogP contribution in [0.1, 0.15) is 21.7 Å². The molecule has 0 saturated carbocycles. The second-order valence-corrected chi connectivity index (χ2v) is 3.93. The fourth-order valence-corrected chi connectivity index (χ4v) is 1.58. The van der Waals surface area contributed by atoms with Crippen LogP contribution < -0.4 is 16.6 Å². The van der Waals surface area contributed by atoms with Crippen molar-refractivity contribution in [1.29, 1.82) is 0 Å². The van der Waals surface area contributed by atoms with Crippen LogP contribution in [0.25, 0.3) is 0 Å². The molecule has 0 unspecified atom stereocenters. The van der Waals surface area contributed by atoms with E-state index in [0.717, 1.165) is 12.5 Å². The van der Waals surface area contributed by atoms with Gasteiger partial charge in [-0.3, -0.25) is 10.6 Å². The third kappa shape index (κ3) is 3.48. The topological polar surface area (TPSA) is 106 Å². The Morgan fingerprint density at radius 2 is 2.14 bits per heavy atom. The van der Waals surface area contributed by atoms with E-state index in [1.54, 1.807) is 0 Å². The van der Waals surface area contributed by atoms with Crippen LogP contribution in [0.2, 0.25) is 0 Å². The first-order chi connectivity index (χ1) is 9.91. The average molecular weight is 301 g/mol. The van der Waals surface area contributed by atoms with E-state index in [2.05, 4.69) is 20.0 Å². The molecule has 0 saturated heterocycles. The number of carbonyl (C=O) groups excluding carboxylic acids is 1. The Bertz CT molecular complexity index is 627. The Kier molecular flexibility index (Phi) is 4.08. The number of aromatic nitrogens is 2. The Morgan fingerprint density at radius 3 is 2.71 bits per heavy atom. The number of amides is 1. The minimum absolute atomic E-state index is 0.0619. The first kappa shape index (κ1) is 14.8. The molecule has 0 fully saturated rings. The molecule has 0 spiro atoms. The maximum atomic E-state index is 12.8. The second-order valence-electron chi connectivity index (χ2n) is 3.93. The van der Waals surface area contributed by atoms with Crippen molar-refractivity contribution in [3.63, 3.8) is 0 Å². The first-order valence-corrected chi connectivity index (χ1v) is 5.63. The van der Waals surface area contributed by atoms with E-state index < -0.39 is 17.6 Å². The average Bonchev–Trinajstić information content (AvgIpc) is 2.96. The van der Waals surface area contributed by atoms with Crippen LogP contribution in [0.5, 0.6) is 0 Å². The minimum Gasteiger partial charge on any atom is -0.345 e. The summed E-state index contributed by atoms with van der Waals surface area (Å²) in [5.74, 6) is 4.53. The number of nitrogens with zero attached hydrogens (tertiary/aromatic N) is 2. The van der Waals surface area contributed by atoms with Crippen LogP contribution in [-0.2, 0) is 12.7 Å². The number of alkyl halides is 3. The molecule has 0 bridgehead atoms. The lowest BCUT2D eigenvalue weighted by Crippen LogP contribution is -2.24. The van der Waals surface area contributed by atoms with Crippen LogP contribution in [0.3, 0.4) is 0 Å². The van der Waals surface area contributed by atoms with Crippen LogP contribution in [0, 0.1) is 0 Å². The molecule has 1 amide bonds. The number of anilines is 1. The number of benzene rings is 1. The summed E-state index contributed by atoms with van der Waals surface area (Å²) in [5, 5.41) is 5.83. The van der Waals surface area contributed by atoms with Gasteiger partial charge in [0, 0.05) is 5.56 Å². The lowest BCUT2D eigenvalue weighted by molar-refractivity contribution is -0.137. The van der Waals surface area contributed by atoms with Crippen molar-refractivity contribution in [3.05, 3.63) is 41.5 Å². The largest absolute Gasteiger partial charge is 0.418 e. The van der Waals surface area contributed by atoms with E-state index in [1.165, 1.54) is 6.07 Å². The highest BCUT2D eigenvalue weighted by Gasteiger charge is 2.34. The van der Waals surface area contributed by atoms with Gasteiger partial charge in [-0.25, -0.2) is 0 Å². The third-order valence-electron chi connectivity index (χ3n) is 2.56. The van der Waals surface area contributed by atoms with Gasteiger partial charge in [-0.15, -0.1) is 0 Å². The number of hydrogen-bond acceptors (Lipinski definition) is 6. The van der Waals surface area contributed by atoms with Crippen molar-refractivity contribution in [2.24, 2.45) is 5.84 Å². The lowest BCUT2D eigenvalue weighted by atomic mass is 10.1. The fraction of sp³-hybridized carbons (Fsp3) is 0.182. The molecule has 2 rings (SSSR count). The van der Waals surface area contributed by atoms with Gasteiger partial charge < -0.3 is 15.3 Å². The predicted molar refractivity (Wildman–Crippen MR) is 64.7 cm³/mol. The van der Waals surface area contributed by atoms with Gasteiger partial charge in [0.05, 0.1) is 17.8 Å². The normalized spacial score (nSPS) is 11.2. The zero-order valence-corrected chi connectivity index (χ0v) is 10.4. The molecular weight excluding hydrogens is 291 g/mol. The van der Waals surface area contributed by atoms with Crippen molar-refractivity contribution < 1.29 is 22.5 Å². The maximum Gasteiger partial charge on any atom is 0.418 e. The molecular formula is C11H10F3N5O2. The number of nitrogens with one attached hydrogen (secondary N) is 2. The summed E-state index contributed by atoms with van der Waals surface area (Å²) in [6, 6.07) is 3.00. The van der Waals surface area contributed by atoms with Gasteiger partial charge in [0.1, 0.15) is 0 Å². The van der Waals surface area contributed by atoms with Crippen molar-refractivity contribution >= 4 is 11.6 Å². The molecule has 0 atom stereocenters. The Hall–Kier alpha value is -2.62.